The molecule has 0 radical (unpaired) electrons. The van der Waals surface area contributed by atoms with Gasteiger partial charge in [-0.3, -0.25) is 10.1 Å². The zero-order valence-electron chi connectivity index (χ0n) is 14.6. The average Bonchev–Trinajstić information content (AvgIpc) is 3.09. The highest BCUT2D eigenvalue weighted by Crippen LogP contribution is 2.35. The van der Waals surface area contributed by atoms with Crippen LogP contribution in [0.4, 0.5) is 5.69 Å². The Labute approximate surface area is 152 Å². The van der Waals surface area contributed by atoms with Gasteiger partial charge in [-0.05, 0) is 56.0 Å². The maximum atomic E-state index is 13.0. The standard InChI is InChI=1S/C18H20N2O5S/c1-13-9-14(2)11-16(10-13)25-17-6-5-15(20(21)22)12-18(17)26(23,24)19-7-3-4-8-19/h5-6,9-12H,3-4,7-8H2,1-2H3. The molecule has 0 aromatic heterocycles. The number of nitro benzene ring substituents is 1. The summed E-state index contributed by atoms with van der Waals surface area (Å²) >= 11 is 0. The number of ether oxygens (including phenoxy) is 1. The van der Waals surface area contributed by atoms with E-state index >= 15 is 0 Å². The molecule has 2 aromatic rings. The number of nitro groups is 1. The van der Waals surface area contributed by atoms with Gasteiger partial charge in [-0.1, -0.05) is 6.07 Å². The molecule has 1 aliphatic heterocycles. The monoisotopic (exact) mass is 376 g/mol. The molecule has 1 fully saturated rings. The summed E-state index contributed by atoms with van der Waals surface area (Å²) in [6.45, 7) is 4.65. The molecule has 0 atom stereocenters. The van der Waals surface area contributed by atoms with E-state index in [1.807, 2.05) is 19.9 Å². The number of hydrogen-bond donors (Lipinski definition) is 0. The highest BCUT2D eigenvalue weighted by molar-refractivity contribution is 7.89. The molecular weight excluding hydrogens is 356 g/mol. The lowest BCUT2D eigenvalue weighted by molar-refractivity contribution is -0.385. The van der Waals surface area contributed by atoms with Crippen molar-refractivity contribution < 1.29 is 18.1 Å². The van der Waals surface area contributed by atoms with Crippen molar-refractivity contribution in [1.82, 2.24) is 4.31 Å². The van der Waals surface area contributed by atoms with Crippen LogP contribution in [0.15, 0.2) is 41.3 Å². The highest BCUT2D eigenvalue weighted by Gasteiger charge is 2.31. The normalized spacial score (nSPS) is 15.2. The van der Waals surface area contributed by atoms with E-state index in [0.29, 0.717) is 18.8 Å². The number of non-ortho nitro benzene ring substituents is 1. The Balaban J connectivity index is 2.08. The van der Waals surface area contributed by atoms with Crippen molar-refractivity contribution in [3.63, 3.8) is 0 Å². The van der Waals surface area contributed by atoms with E-state index in [1.54, 1.807) is 12.1 Å². The second-order valence-electron chi connectivity index (χ2n) is 6.42. The van der Waals surface area contributed by atoms with Crippen LogP contribution in [0, 0.1) is 24.0 Å². The molecule has 0 saturated carbocycles. The van der Waals surface area contributed by atoms with E-state index in [0.717, 1.165) is 30.0 Å². The minimum Gasteiger partial charge on any atom is -0.456 e. The van der Waals surface area contributed by atoms with Crippen LogP contribution in [0.5, 0.6) is 11.5 Å². The van der Waals surface area contributed by atoms with Crippen LogP contribution in [0.1, 0.15) is 24.0 Å². The van der Waals surface area contributed by atoms with Gasteiger partial charge >= 0.3 is 0 Å². The molecule has 138 valence electrons. The van der Waals surface area contributed by atoms with Gasteiger partial charge in [0.05, 0.1) is 4.92 Å². The van der Waals surface area contributed by atoms with Crippen molar-refractivity contribution in [3.05, 3.63) is 57.6 Å². The Hall–Kier alpha value is -2.45. The first kappa shape index (κ1) is 18.3. The van der Waals surface area contributed by atoms with Crippen LogP contribution in [0.3, 0.4) is 0 Å². The predicted octanol–water partition coefficient (Wildman–Crippen LogP) is 3.79. The van der Waals surface area contributed by atoms with E-state index < -0.39 is 14.9 Å². The molecule has 0 unspecified atom stereocenters. The van der Waals surface area contributed by atoms with Crippen LogP contribution in [-0.2, 0) is 10.0 Å². The first-order valence-electron chi connectivity index (χ1n) is 8.32. The molecule has 0 N–H and O–H groups in total. The summed E-state index contributed by atoms with van der Waals surface area (Å²) in [6.07, 6.45) is 1.56. The Morgan fingerprint density at radius 1 is 1.04 bits per heavy atom. The highest BCUT2D eigenvalue weighted by atomic mass is 32.2. The number of nitrogens with zero attached hydrogens (tertiary/aromatic N) is 2. The number of sulfonamides is 1. The first-order chi connectivity index (χ1) is 12.3. The smallest absolute Gasteiger partial charge is 0.271 e. The van der Waals surface area contributed by atoms with Crippen molar-refractivity contribution >= 4 is 15.7 Å². The molecule has 0 aliphatic carbocycles. The van der Waals surface area contributed by atoms with Gasteiger partial charge in [0.1, 0.15) is 16.4 Å². The molecule has 8 heteroatoms. The topological polar surface area (TPSA) is 89.7 Å². The lowest BCUT2D eigenvalue weighted by Crippen LogP contribution is -2.28. The van der Waals surface area contributed by atoms with Gasteiger partial charge in [0.2, 0.25) is 10.0 Å². The number of rotatable bonds is 5. The fourth-order valence-electron chi connectivity index (χ4n) is 3.08. The minimum atomic E-state index is -3.86. The number of benzene rings is 2. The molecule has 2 aromatic carbocycles. The second kappa shape index (κ2) is 7.05. The third-order valence-corrected chi connectivity index (χ3v) is 6.16. The zero-order valence-corrected chi connectivity index (χ0v) is 15.5. The molecule has 7 nitrogen and oxygen atoms in total. The van der Waals surface area contributed by atoms with Gasteiger partial charge in [0.15, 0.2) is 0 Å². The summed E-state index contributed by atoms with van der Waals surface area (Å²) in [4.78, 5) is 10.3. The van der Waals surface area contributed by atoms with E-state index in [2.05, 4.69) is 0 Å². The summed E-state index contributed by atoms with van der Waals surface area (Å²) in [5.41, 5.74) is 1.67. The molecule has 0 amide bonds. The zero-order chi connectivity index (χ0) is 18.9. The molecule has 1 heterocycles. The molecule has 0 spiro atoms. The SMILES string of the molecule is Cc1cc(C)cc(Oc2ccc([N+](=O)[O-])cc2S(=O)(=O)N2CCCC2)c1. The molecule has 0 bridgehead atoms. The van der Waals surface area contributed by atoms with Crippen LogP contribution in [-0.4, -0.2) is 30.7 Å². The van der Waals surface area contributed by atoms with Gasteiger partial charge in [-0.25, -0.2) is 8.42 Å². The van der Waals surface area contributed by atoms with Gasteiger partial charge in [0, 0.05) is 25.2 Å². The average molecular weight is 376 g/mol. The van der Waals surface area contributed by atoms with Crippen LogP contribution in [0.2, 0.25) is 0 Å². The van der Waals surface area contributed by atoms with Crippen LogP contribution in [0.25, 0.3) is 0 Å². The maximum Gasteiger partial charge on any atom is 0.271 e. The van der Waals surface area contributed by atoms with E-state index in [1.165, 1.54) is 16.4 Å². The van der Waals surface area contributed by atoms with Crippen molar-refractivity contribution in [2.24, 2.45) is 0 Å². The molecule has 3 rings (SSSR count). The second-order valence-corrected chi connectivity index (χ2v) is 8.33. The third kappa shape index (κ3) is 3.71. The van der Waals surface area contributed by atoms with Crippen molar-refractivity contribution in [2.75, 3.05) is 13.1 Å². The third-order valence-electron chi connectivity index (χ3n) is 4.24. The van der Waals surface area contributed by atoms with E-state index in [4.69, 9.17) is 4.74 Å². The van der Waals surface area contributed by atoms with Crippen LogP contribution < -0.4 is 4.74 Å². The Morgan fingerprint density at radius 2 is 1.65 bits per heavy atom. The Morgan fingerprint density at radius 3 is 2.23 bits per heavy atom. The van der Waals surface area contributed by atoms with Crippen molar-refractivity contribution in [1.29, 1.82) is 0 Å². The number of aryl methyl sites for hydroxylation is 2. The Kier molecular flexibility index (Phi) is 4.97. The van der Waals surface area contributed by atoms with Crippen molar-refractivity contribution in [3.8, 4) is 11.5 Å². The first-order valence-corrected chi connectivity index (χ1v) is 9.76. The van der Waals surface area contributed by atoms with E-state index in [-0.39, 0.29) is 16.3 Å². The fraction of sp³-hybridized carbons (Fsp3) is 0.333. The largest absolute Gasteiger partial charge is 0.456 e. The maximum absolute atomic E-state index is 13.0. The number of hydrogen-bond acceptors (Lipinski definition) is 5. The quantitative estimate of drug-likeness (QED) is 0.585. The lowest BCUT2D eigenvalue weighted by atomic mass is 10.1. The summed E-state index contributed by atoms with van der Waals surface area (Å²) in [5.74, 6) is 0.585. The van der Waals surface area contributed by atoms with E-state index in [9.17, 15) is 18.5 Å². The molecule has 1 saturated heterocycles. The van der Waals surface area contributed by atoms with Gasteiger partial charge < -0.3 is 4.74 Å². The van der Waals surface area contributed by atoms with Gasteiger partial charge in [-0.15, -0.1) is 0 Å². The molecule has 26 heavy (non-hydrogen) atoms. The molecule has 1 aliphatic rings. The summed E-state index contributed by atoms with van der Waals surface area (Å²) in [5, 5.41) is 11.1. The molecular formula is C18H20N2O5S. The van der Waals surface area contributed by atoms with Crippen LogP contribution >= 0.6 is 0 Å². The summed E-state index contributed by atoms with van der Waals surface area (Å²) in [6, 6.07) is 9.23. The lowest BCUT2D eigenvalue weighted by Gasteiger charge is -2.18. The fourth-order valence-corrected chi connectivity index (χ4v) is 4.73. The van der Waals surface area contributed by atoms with Gasteiger partial charge in [0.25, 0.3) is 5.69 Å². The van der Waals surface area contributed by atoms with Gasteiger partial charge in [-0.2, -0.15) is 4.31 Å². The predicted molar refractivity (Wildman–Crippen MR) is 97.1 cm³/mol. The summed E-state index contributed by atoms with van der Waals surface area (Å²) < 4.78 is 33.1. The van der Waals surface area contributed by atoms with Crippen molar-refractivity contribution in [2.45, 2.75) is 31.6 Å². The Bertz CT molecular complexity index is 930. The summed E-state index contributed by atoms with van der Waals surface area (Å²) in [7, 11) is -3.86. The minimum absolute atomic E-state index is 0.0903.